The van der Waals surface area contributed by atoms with Gasteiger partial charge in [0.15, 0.2) is 0 Å². The molecule has 2 N–H and O–H groups in total. The highest BCUT2D eigenvalue weighted by Crippen LogP contribution is 2.16. The average Bonchev–Trinajstić information content (AvgIpc) is 2.46. The number of halogens is 2. The van der Waals surface area contributed by atoms with Gasteiger partial charge in [0, 0.05) is 12.6 Å². The Morgan fingerprint density at radius 2 is 1.75 bits per heavy atom. The lowest BCUT2D eigenvalue weighted by molar-refractivity contribution is -0.124. The number of nitrogens with one attached hydrogen (secondary N) is 2. The van der Waals surface area contributed by atoms with Crippen LogP contribution in [0.3, 0.4) is 0 Å². The van der Waals surface area contributed by atoms with Crippen molar-refractivity contribution in [2.75, 3.05) is 7.05 Å². The number of rotatable bonds is 7. The number of benzene rings is 1. The van der Waals surface area contributed by atoms with Crippen LogP contribution in [0.5, 0.6) is 5.75 Å². The van der Waals surface area contributed by atoms with Crippen molar-refractivity contribution < 1.29 is 23.1 Å². The molecule has 1 unspecified atom stereocenters. The molecule has 1 aromatic carbocycles. The van der Waals surface area contributed by atoms with E-state index in [0.717, 1.165) is 5.56 Å². The minimum absolute atomic E-state index is 0.0696. The summed E-state index contributed by atoms with van der Waals surface area (Å²) < 4.78 is 28.5. The number of ether oxygens (including phenoxy) is 1. The van der Waals surface area contributed by atoms with Crippen LogP contribution in [0.1, 0.15) is 26.3 Å². The number of hydrogen-bond donors (Lipinski definition) is 2. The zero-order chi connectivity index (χ0) is 18.3. The summed E-state index contributed by atoms with van der Waals surface area (Å²) in [6, 6.07) is 5.02. The largest absolute Gasteiger partial charge is 0.435 e. The molecule has 3 amide bonds. The summed E-state index contributed by atoms with van der Waals surface area (Å²) in [6.45, 7) is 2.81. The number of carbonyl (C=O) groups excluding carboxylic acids is 2. The molecule has 0 aliphatic carbocycles. The average molecular weight is 343 g/mol. The number of imide groups is 1. The van der Waals surface area contributed by atoms with E-state index in [2.05, 4.69) is 15.4 Å². The van der Waals surface area contributed by atoms with E-state index in [1.807, 2.05) is 0 Å². The smallest absolute Gasteiger partial charge is 0.387 e. The van der Waals surface area contributed by atoms with Crippen LogP contribution >= 0.6 is 0 Å². The van der Waals surface area contributed by atoms with Crippen LogP contribution in [0.4, 0.5) is 13.6 Å². The summed E-state index contributed by atoms with van der Waals surface area (Å²) in [5.41, 5.74) is 0.824. The molecule has 0 aliphatic rings. The van der Waals surface area contributed by atoms with Gasteiger partial charge in [-0.15, -0.1) is 0 Å². The first-order chi connectivity index (χ1) is 11.2. The fraction of sp³-hybridized carbons (Fsp3) is 0.500. The van der Waals surface area contributed by atoms with Crippen LogP contribution in [-0.2, 0) is 11.3 Å². The van der Waals surface area contributed by atoms with Crippen molar-refractivity contribution >= 4 is 11.9 Å². The third-order valence-electron chi connectivity index (χ3n) is 3.28. The third kappa shape index (κ3) is 6.91. The van der Waals surface area contributed by atoms with Gasteiger partial charge in [-0.1, -0.05) is 12.1 Å². The van der Waals surface area contributed by atoms with E-state index < -0.39 is 24.6 Å². The molecule has 6 nitrogen and oxygen atoms in total. The van der Waals surface area contributed by atoms with Gasteiger partial charge in [-0.3, -0.25) is 15.0 Å². The number of nitrogens with zero attached hydrogens (tertiary/aromatic N) is 1. The Labute approximate surface area is 140 Å². The van der Waals surface area contributed by atoms with Crippen molar-refractivity contribution in [1.82, 2.24) is 15.5 Å². The first kappa shape index (κ1) is 19.8. The number of carbonyl (C=O) groups is 2. The summed E-state index contributed by atoms with van der Waals surface area (Å²) in [7, 11) is 1.73. The van der Waals surface area contributed by atoms with Crippen LogP contribution in [0.25, 0.3) is 0 Å². The first-order valence-electron chi connectivity index (χ1n) is 7.54. The zero-order valence-corrected chi connectivity index (χ0v) is 14.2. The molecule has 0 saturated heterocycles. The minimum Gasteiger partial charge on any atom is -0.435 e. The predicted molar refractivity (Wildman–Crippen MR) is 85.8 cm³/mol. The molecular weight excluding hydrogens is 320 g/mol. The highest BCUT2D eigenvalue weighted by Gasteiger charge is 2.20. The fourth-order valence-corrected chi connectivity index (χ4v) is 1.92. The third-order valence-corrected chi connectivity index (χ3v) is 3.28. The van der Waals surface area contributed by atoms with Crippen LogP contribution in [-0.4, -0.2) is 42.6 Å². The Morgan fingerprint density at radius 3 is 2.25 bits per heavy atom. The van der Waals surface area contributed by atoms with E-state index in [0.29, 0.717) is 6.54 Å². The monoisotopic (exact) mass is 343 g/mol. The SMILES string of the molecule is CC(C)NC(=O)NC(=O)C(C)N(C)Cc1ccc(OC(F)F)cc1. The molecule has 0 saturated carbocycles. The number of likely N-dealkylation sites (N-methyl/N-ethyl adjacent to an activating group) is 1. The molecule has 1 rings (SSSR count). The summed E-state index contributed by atoms with van der Waals surface area (Å²) in [5, 5.41) is 4.85. The second-order valence-corrected chi connectivity index (χ2v) is 5.73. The van der Waals surface area contributed by atoms with Crippen molar-refractivity contribution in [2.24, 2.45) is 0 Å². The summed E-state index contributed by atoms with van der Waals surface area (Å²) in [6.07, 6.45) is 0. The fourth-order valence-electron chi connectivity index (χ4n) is 1.92. The standard InChI is InChI=1S/C16H23F2N3O3/c1-10(2)19-16(23)20-14(22)11(3)21(4)9-12-5-7-13(8-6-12)24-15(17)18/h5-8,10-11,15H,9H2,1-4H3,(H2,19,20,22,23). The number of amides is 3. The second-order valence-electron chi connectivity index (χ2n) is 5.73. The maximum absolute atomic E-state index is 12.1. The van der Waals surface area contributed by atoms with Crippen molar-refractivity contribution in [3.05, 3.63) is 29.8 Å². The summed E-state index contributed by atoms with van der Waals surface area (Å²) >= 11 is 0. The van der Waals surface area contributed by atoms with E-state index in [4.69, 9.17) is 0 Å². The van der Waals surface area contributed by atoms with Gasteiger partial charge in [0.1, 0.15) is 5.75 Å². The van der Waals surface area contributed by atoms with Gasteiger partial charge in [-0.2, -0.15) is 8.78 Å². The molecule has 24 heavy (non-hydrogen) atoms. The lowest BCUT2D eigenvalue weighted by Crippen LogP contribution is -2.49. The van der Waals surface area contributed by atoms with Crippen LogP contribution < -0.4 is 15.4 Å². The minimum atomic E-state index is -2.86. The van der Waals surface area contributed by atoms with Gasteiger partial charge in [-0.05, 0) is 45.5 Å². The van der Waals surface area contributed by atoms with Crippen LogP contribution in [0.15, 0.2) is 24.3 Å². The lowest BCUT2D eigenvalue weighted by atomic mass is 10.2. The molecule has 134 valence electrons. The molecule has 1 aromatic rings. The van der Waals surface area contributed by atoms with Crippen molar-refractivity contribution in [3.8, 4) is 5.75 Å². The topological polar surface area (TPSA) is 70.7 Å². The van der Waals surface area contributed by atoms with Gasteiger partial charge >= 0.3 is 12.6 Å². The summed E-state index contributed by atoms with van der Waals surface area (Å²) in [4.78, 5) is 25.3. The predicted octanol–water partition coefficient (Wildman–Crippen LogP) is 2.34. The second kappa shape index (κ2) is 9.17. The molecule has 0 bridgehead atoms. The van der Waals surface area contributed by atoms with Crippen molar-refractivity contribution in [3.63, 3.8) is 0 Å². The quantitative estimate of drug-likeness (QED) is 0.797. The van der Waals surface area contributed by atoms with Gasteiger partial charge in [0.25, 0.3) is 0 Å². The summed E-state index contributed by atoms with van der Waals surface area (Å²) in [5.74, 6) is -0.346. The van der Waals surface area contributed by atoms with Gasteiger partial charge in [0.2, 0.25) is 5.91 Å². The maximum Gasteiger partial charge on any atom is 0.387 e. The number of alkyl halides is 2. The molecule has 0 heterocycles. The molecule has 0 spiro atoms. The van der Waals surface area contributed by atoms with E-state index in [9.17, 15) is 18.4 Å². The Morgan fingerprint density at radius 1 is 1.17 bits per heavy atom. The van der Waals surface area contributed by atoms with E-state index in [1.165, 1.54) is 12.1 Å². The van der Waals surface area contributed by atoms with Crippen LogP contribution in [0, 0.1) is 0 Å². The number of hydrogen-bond acceptors (Lipinski definition) is 4. The van der Waals surface area contributed by atoms with Gasteiger partial charge < -0.3 is 10.1 Å². The molecule has 0 fully saturated rings. The number of urea groups is 1. The Hall–Kier alpha value is -2.22. The molecule has 8 heteroatoms. The Kier molecular flexibility index (Phi) is 7.57. The lowest BCUT2D eigenvalue weighted by Gasteiger charge is -2.24. The molecule has 0 aliphatic heterocycles. The normalized spacial score (nSPS) is 12.4. The van der Waals surface area contributed by atoms with Gasteiger partial charge in [0.05, 0.1) is 6.04 Å². The molecule has 1 atom stereocenters. The Bertz CT molecular complexity index is 550. The van der Waals surface area contributed by atoms with Crippen LogP contribution in [0.2, 0.25) is 0 Å². The maximum atomic E-state index is 12.1. The zero-order valence-electron chi connectivity index (χ0n) is 14.2. The molecule has 0 aromatic heterocycles. The first-order valence-corrected chi connectivity index (χ1v) is 7.54. The highest BCUT2D eigenvalue weighted by atomic mass is 19.3. The van der Waals surface area contributed by atoms with Gasteiger partial charge in [-0.25, -0.2) is 4.79 Å². The van der Waals surface area contributed by atoms with E-state index in [1.54, 1.807) is 44.9 Å². The van der Waals surface area contributed by atoms with Crippen molar-refractivity contribution in [1.29, 1.82) is 0 Å². The Balaban J connectivity index is 2.55. The molecule has 0 radical (unpaired) electrons. The van der Waals surface area contributed by atoms with Crippen molar-refractivity contribution in [2.45, 2.75) is 46.0 Å². The van der Waals surface area contributed by atoms with E-state index >= 15 is 0 Å². The van der Waals surface area contributed by atoms with E-state index in [-0.39, 0.29) is 11.8 Å². The molecular formula is C16H23F2N3O3. The highest BCUT2D eigenvalue weighted by molar-refractivity contribution is 5.96.